The van der Waals surface area contributed by atoms with Crippen LogP contribution in [-0.4, -0.2) is 24.9 Å². The molecule has 0 aromatic heterocycles. The van der Waals surface area contributed by atoms with E-state index in [4.69, 9.17) is 0 Å². The Balaban J connectivity index is 1.60. The number of hydrogen-bond acceptors (Lipinski definition) is 3. The molecule has 0 atom stereocenters. The van der Waals surface area contributed by atoms with Crippen LogP contribution in [0.15, 0.2) is 84.9 Å². The van der Waals surface area contributed by atoms with E-state index in [1.807, 2.05) is 67.6 Å². The highest BCUT2D eigenvalue weighted by Crippen LogP contribution is 2.18. The van der Waals surface area contributed by atoms with Crippen LogP contribution in [0.4, 0.5) is 11.4 Å². The van der Waals surface area contributed by atoms with E-state index in [1.54, 1.807) is 29.2 Å². The van der Waals surface area contributed by atoms with Gasteiger partial charge in [0.15, 0.2) is 0 Å². The van der Waals surface area contributed by atoms with E-state index in [1.165, 1.54) is 0 Å². The lowest BCUT2D eigenvalue weighted by Gasteiger charge is -2.21. The van der Waals surface area contributed by atoms with Crippen molar-refractivity contribution in [2.75, 3.05) is 23.3 Å². The number of rotatable bonds is 8. The second-order valence-electron chi connectivity index (χ2n) is 6.60. The molecule has 0 unspecified atom stereocenters. The normalized spacial score (nSPS) is 10.4. The maximum Gasteiger partial charge on any atom is 0.258 e. The molecule has 3 aromatic rings. The summed E-state index contributed by atoms with van der Waals surface area (Å²) in [6.07, 6.45) is 0. The van der Waals surface area contributed by atoms with Crippen LogP contribution in [0.25, 0.3) is 0 Å². The van der Waals surface area contributed by atoms with Crippen molar-refractivity contribution >= 4 is 23.2 Å². The number of carbonyl (C=O) groups excluding carboxylic acids is 2. The van der Waals surface area contributed by atoms with E-state index in [0.29, 0.717) is 24.3 Å². The molecular weight excluding hydrogens is 362 g/mol. The molecule has 3 rings (SSSR count). The summed E-state index contributed by atoms with van der Waals surface area (Å²) in [5, 5.41) is 5.97. The molecule has 0 saturated heterocycles. The van der Waals surface area contributed by atoms with Gasteiger partial charge in [0.05, 0.1) is 6.54 Å². The van der Waals surface area contributed by atoms with Gasteiger partial charge in [-0.25, -0.2) is 0 Å². The van der Waals surface area contributed by atoms with Crippen LogP contribution in [0.1, 0.15) is 22.8 Å². The van der Waals surface area contributed by atoms with Crippen molar-refractivity contribution in [3.05, 3.63) is 96.1 Å². The average Bonchev–Trinajstić information content (AvgIpc) is 2.76. The van der Waals surface area contributed by atoms with Gasteiger partial charge in [0.25, 0.3) is 5.91 Å². The first-order chi connectivity index (χ1) is 14.2. The molecule has 3 aromatic carbocycles. The summed E-state index contributed by atoms with van der Waals surface area (Å²) in [7, 11) is 0. The number of carbonyl (C=O) groups is 2. The number of nitrogens with zero attached hydrogens (tertiary/aromatic N) is 1. The monoisotopic (exact) mass is 387 g/mol. The molecule has 29 heavy (non-hydrogen) atoms. The Morgan fingerprint density at radius 3 is 2.24 bits per heavy atom. The lowest BCUT2D eigenvalue weighted by atomic mass is 10.1. The molecule has 0 aliphatic carbocycles. The SMILES string of the molecule is CCN(C(=O)c1cccc(NC(=O)CNCc2ccccc2)c1)c1ccccc1. The van der Waals surface area contributed by atoms with E-state index < -0.39 is 0 Å². The lowest BCUT2D eigenvalue weighted by molar-refractivity contribution is -0.115. The molecule has 0 aliphatic heterocycles. The lowest BCUT2D eigenvalue weighted by Crippen LogP contribution is -2.31. The minimum atomic E-state index is -0.152. The Kier molecular flexibility index (Phi) is 7.14. The summed E-state index contributed by atoms with van der Waals surface area (Å²) in [4.78, 5) is 26.9. The summed E-state index contributed by atoms with van der Waals surface area (Å²) in [6, 6.07) is 26.5. The van der Waals surface area contributed by atoms with Gasteiger partial charge in [-0.05, 0) is 42.8 Å². The fourth-order valence-electron chi connectivity index (χ4n) is 3.06. The van der Waals surface area contributed by atoms with Crippen molar-refractivity contribution in [2.24, 2.45) is 0 Å². The van der Waals surface area contributed by atoms with Crippen LogP contribution in [-0.2, 0) is 11.3 Å². The Labute approximate surface area is 171 Å². The molecule has 0 fully saturated rings. The molecule has 0 saturated carbocycles. The van der Waals surface area contributed by atoms with Crippen molar-refractivity contribution in [3.63, 3.8) is 0 Å². The zero-order valence-corrected chi connectivity index (χ0v) is 16.5. The highest BCUT2D eigenvalue weighted by molar-refractivity contribution is 6.07. The van der Waals surface area contributed by atoms with Crippen LogP contribution in [0, 0.1) is 0 Å². The van der Waals surface area contributed by atoms with E-state index >= 15 is 0 Å². The molecule has 148 valence electrons. The first kappa shape index (κ1) is 20.3. The maximum absolute atomic E-state index is 12.9. The van der Waals surface area contributed by atoms with Gasteiger partial charge < -0.3 is 15.5 Å². The number of amides is 2. The first-order valence-electron chi connectivity index (χ1n) is 9.69. The fourth-order valence-corrected chi connectivity index (χ4v) is 3.06. The average molecular weight is 387 g/mol. The van der Waals surface area contributed by atoms with Crippen LogP contribution in [0.2, 0.25) is 0 Å². The first-order valence-corrected chi connectivity index (χ1v) is 9.69. The maximum atomic E-state index is 12.9. The number of nitrogens with one attached hydrogen (secondary N) is 2. The number of benzene rings is 3. The molecule has 5 heteroatoms. The van der Waals surface area contributed by atoms with Crippen molar-refractivity contribution < 1.29 is 9.59 Å². The van der Waals surface area contributed by atoms with Crippen LogP contribution < -0.4 is 15.5 Å². The summed E-state index contributed by atoms with van der Waals surface area (Å²) >= 11 is 0. The Morgan fingerprint density at radius 2 is 1.55 bits per heavy atom. The second-order valence-corrected chi connectivity index (χ2v) is 6.60. The van der Waals surface area contributed by atoms with Crippen molar-refractivity contribution in [1.82, 2.24) is 5.32 Å². The van der Waals surface area contributed by atoms with Crippen LogP contribution >= 0.6 is 0 Å². The zero-order chi connectivity index (χ0) is 20.5. The molecule has 5 nitrogen and oxygen atoms in total. The third-order valence-electron chi connectivity index (χ3n) is 4.48. The van der Waals surface area contributed by atoms with Crippen LogP contribution in [0.5, 0.6) is 0 Å². The topological polar surface area (TPSA) is 61.4 Å². The summed E-state index contributed by atoms with van der Waals surface area (Å²) in [5.74, 6) is -0.252. The van der Waals surface area contributed by atoms with E-state index in [9.17, 15) is 9.59 Å². The molecule has 0 heterocycles. The molecule has 2 N–H and O–H groups in total. The third kappa shape index (κ3) is 5.77. The second kappa shape index (κ2) is 10.2. The highest BCUT2D eigenvalue weighted by atomic mass is 16.2. The van der Waals surface area contributed by atoms with Gasteiger partial charge in [-0.2, -0.15) is 0 Å². The van der Waals surface area contributed by atoms with E-state index in [-0.39, 0.29) is 18.4 Å². The largest absolute Gasteiger partial charge is 0.325 e. The number of para-hydroxylation sites is 1. The standard InChI is InChI=1S/C24H25N3O2/c1-2-27(22-14-7-4-8-15-22)24(29)20-12-9-13-21(16-20)26-23(28)18-25-17-19-10-5-3-6-11-19/h3-16,25H,2,17-18H2,1H3,(H,26,28). The predicted molar refractivity (Wildman–Crippen MR) is 117 cm³/mol. The number of anilines is 2. The van der Waals surface area contributed by atoms with Gasteiger partial charge in [-0.3, -0.25) is 9.59 Å². The van der Waals surface area contributed by atoms with Gasteiger partial charge in [0.1, 0.15) is 0 Å². The van der Waals surface area contributed by atoms with Gasteiger partial charge in [0, 0.05) is 30.0 Å². The smallest absolute Gasteiger partial charge is 0.258 e. The Bertz CT molecular complexity index is 943. The molecule has 0 aliphatic rings. The van der Waals surface area contributed by atoms with E-state index in [0.717, 1.165) is 11.3 Å². The van der Waals surface area contributed by atoms with Gasteiger partial charge >= 0.3 is 0 Å². The molecule has 2 amide bonds. The van der Waals surface area contributed by atoms with Crippen molar-refractivity contribution in [2.45, 2.75) is 13.5 Å². The zero-order valence-electron chi connectivity index (χ0n) is 16.5. The Morgan fingerprint density at radius 1 is 0.862 bits per heavy atom. The summed E-state index contributed by atoms with van der Waals surface area (Å²) in [6.45, 7) is 3.31. The quantitative estimate of drug-likeness (QED) is 0.612. The Hall–Kier alpha value is -3.44. The van der Waals surface area contributed by atoms with Gasteiger partial charge in [-0.1, -0.05) is 54.6 Å². The van der Waals surface area contributed by atoms with Crippen LogP contribution in [0.3, 0.4) is 0 Å². The summed E-state index contributed by atoms with van der Waals surface area (Å²) < 4.78 is 0. The molecular formula is C24H25N3O2. The summed E-state index contributed by atoms with van der Waals surface area (Å²) in [5.41, 5.74) is 3.10. The highest BCUT2D eigenvalue weighted by Gasteiger charge is 2.16. The third-order valence-corrected chi connectivity index (χ3v) is 4.48. The van der Waals surface area contributed by atoms with Crippen molar-refractivity contribution in [3.8, 4) is 0 Å². The fraction of sp³-hybridized carbons (Fsp3) is 0.167. The van der Waals surface area contributed by atoms with Gasteiger partial charge in [-0.15, -0.1) is 0 Å². The molecule has 0 radical (unpaired) electrons. The number of hydrogen-bond donors (Lipinski definition) is 2. The predicted octanol–water partition coefficient (Wildman–Crippen LogP) is 4.08. The van der Waals surface area contributed by atoms with Gasteiger partial charge in [0.2, 0.25) is 5.91 Å². The molecule has 0 bridgehead atoms. The minimum Gasteiger partial charge on any atom is -0.325 e. The molecule has 0 spiro atoms. The van der Waals surface area contributed by atoms with E-state index in [2.05, 4.69) is 10.6 Å². The van der Waals surface area contributed by atoms with Crippen molar-refractivity contribution in [1.29, 1.82) is 0 Å². The minimum absolute atomic E-state index is 0.1000.